The van der Waals surface area contributed by atoms with E-state index < -0.39 is 0 Å². The summed E-state index contributed by atoms with van der Waals surface area (Å²) in [4.78, 5) is 5.19. The van der Waals surface area contributed by atoms with E-state index in [0.29, 0.717) is 5.82 Å². The summed E-state index contributed by atoms with van der Waals surface area (Å²) in [7, 11) is 0. The molecule has 11 heavy (non-hydrogen) atoms. The van der Waals surface area contributed by atoms with E-state index in [1.165, 1.54) is 11.5 Å². The van der Waals surface area contributed by atoms with Gasteiger partial charge < -0.3 is 5.73 Å². The minimum atomic E-state index is 0.581. The molecule has 2 N–H and O–H groups in total. The molecule has 2 aromatic rings. The van der Waals surface area contributed by atoms with Crippen molar-refractivity contribution in [2.24, 2.45) is 0 Å². The summed E-state index contributed by atoms with van der Waals surface area (Å²) in [6, 6.07) is 3.89. The van der Waals surface area contributed by atoms with Crippen LogP contribution in [-0.4, -0.2) is 9.36 Å². The van der Waals surface area contributed by atoms with Gasteiger partial charge in [0.25, 0.3) is 0 Å². The molecular formula is C7H7N3S. The summed E-state index contributed by atoms with van der Waals surface area (Å²) < 4.78 is 3.99. The average molecular weight is 165 g/mol. The minimum absolute atomic E-state index is 0.581. The Kier molecular flexibility index (Phi) is 1.29. The monoisotopic (exact) mass is 165 g/mol. The summed E-state index contributed by atoms with van der Waals surface area (Å²) in [6.07, 6.45) is 0. The van der Waals surface area contributed by atoms with Crippen LogP contribution < -0.4 is 5.73 Å². The number of hydrogen-bond acceptors (Lipinski definition) is 4. The van der Waals surface area contributed by atoms with Gasteiger partial charge in [-0.3, -0.25) is 0 Å². The van der Waals surface area contributed by atoms with E-state index in [4.69, 9.17) is 5.73 Å². The molecule has 0 spiro atoms. The maximum absolute atomic E-state index is 5.59. The van der Waals surface area contributed by atoms with E-state index in [0.717, 1.165) is 15.9 Å². The molecule has 0 saturated heterocycles. The molecule has 4 heteroatoms. The summed E-state index contributed by atoms with van der Waals surface area (Å²) in [5.74, 6) is 0.581. The van der Waals surface area contributed by atoms with Crippen LogP contribution in [0.2, 0.25) is 0 Å². The van der Waals surface area contributed by atoms with E-state index in [-0.39, 0.29) is 0 Å². The highest BCUT2D eigenvalue weighted by molar-refractivity contribution is 7.13. The van der Waals surface area contributed by atoms with Crippen LogP contribution >= 0.6 is 11.5 Å². The van der Waals surface area contributed by atoms with E-state index in [1.54, 1.807) is 0 Å². The first-order valence-corrected chi connectivity index (χ1v) is 4.03. The van der Waals surface area contributed by atoms with Gasteiger partial charge in [-0.2, -0.15) is 4.37 Å². The Hall–Kier alpha value is -1.16. The molecule has 0 unspecified atom stereocenters. The molecule has 56 valence electrons. The van der Waals surface area contributed by atoms with Crippen molar-refractivity contribution < 1.29 is 0 Å². The van der Waals surface area contributed by atoms with Crippen LogP contribution in [0.4, 0.5) is 5.82 Å². The Morgan fingerprint density at radius 2 is 2.27 bits per heavy atom. The van der Waals surface area contributed by atoms with Gasteiger partial charge in [-0.05, 0) is 30.6 Å². The van der Waals surface area contributed by atoms with Crippen molar-refractivity contribution in [3.63, 3.8) is 0 Å². The lowest BCUT2D eigenvalue weighted by molar-refractivity contribution is 1.27. The number of nitrogens with zero attached hydrogens (tertiary/aromatic N) is 2. The van der Waals surface area contributed by atoms with Crippen LogP contribution in [-0.2, 0) is 0 Å². The van der Waals surface area contributed by atoms with Crippen LogP contribution in [0.1, 0.15) is 5.69 Å². The molecule has 2 aromatic heterocycles. The predicted molar refractivity (Wildman–Crippen MR) is 46.6 cm³/mol. The minimum Gasteiger partial charge on any atom is -0.382 e. The Bertz CT molecular complexity index is 393. The van der Waals surface area contributed by atoms with Gasteiger partial charge in [0.1, 0.15) is 10.6 Å². The van der Waals surface area contributed by atoms with Gasteiger partial charge in [-0.1, -0.05) is 0 Å². The lowest BCUT2D eigenvalue weighted by Crippen LogP contribution is -1.84. The molecule has 0 aliphatic carbocycles. The van der Waals surface area contributed by atoms with E-state index in [1.807, 2.05) is 19.1 Å². The third kappa shape index (κ3) is 0.952. The number of pyridine rings is 1. The number of aryl methyl sites for hydroxylation is 1. The fraction of sp³-hybridized carbons (Fsp3) is 0.143. The Morgan fingerprint density at radius 3 is 3.09 bits per heavy atom. The fourth-order valence-corrected chi connectivity index (χ4v) is 1.68. The molecule has 0 radical (unpaired) electrons. The first kappa shape index (κ1) is 6.54. The lowest BCUT2D eigenvalue weighted by atomic mass is 10.3. The SMILES string of the molecule is Cc1ccc2c(N)nsc2n1. The molecular weight excluding hydrogens is 158 g/mol. The van der Waals surface area contributed by atoms with Gasteiger partial charge in [0.15, 0.2) is 0 Å². The van der Waals surface area contributed by atoms with E-state index in [9.17, 15) is 0 Å². The zero-order valence-electron chi connectivity index (χ0n) is 6.03. The van der Waals surface area contributed by atoms with Gasteiger partial charge in [0.05, 0.1) is 5.39 Å². The van der Waals surface area contributed by atoms with Crippen LogP contribution in [0.3, 0.4) is 0 Å². The van der Waals surface area contributed by atoms with Crippen LogP contribution in [0.25, 0.3) is 10.2 Å². The number of fused-ring (bicyclic) bond motifs is 1. The fourth-order valence-electron chi connectivity index (χ4n) is 0.939. The number of nitrogens with two attached hydrogens (primary N) is 1. The Balaban J connectivity index is 2.86. The molecule has 0 bridgehead atoms. The second kappa shape index (κ2) is 2.17. The Morgan fingerprint density at radius 1 is 1.45 bits per heavy atom. The summed E-state index contributed by atoms with van der Waals surface area (Å²) >= 11 is 1.34. The third-order valence-corrected chi connectivity index (χ3v) is 2.28. The summed E-state index contributed by atoms with van der Waals surface area (Å²) in [5.41, 5.74) is 6.59. The molecule has 2 rings (SSSR count). The molecule has 0 aliphatic heterocycles. The third-order valence-electron chi connectivity index (χ3n) is 1.51. The Labute approximate surface area is 68.0 Å². The van der Waals surface area contributed by atoms with Crippen molar-refractivity contribution in [1.82, 2.24) is 9.36 Å². The zero-order valence-corrected chi connectivity index (χ0v) is 6.85. The first-order valence-electron chi connectivity index (χ1n) is 3.26. The second-order valence-corrected chi connectivity index (χ2v) is 3.13. The van der Waals surface area contributed by atoms with Gasteiger partial charge in [-0.15, -0.1) is 0 Å². The smallest absolute Gasteiger partial charge is 0.146 e. The standard InChI is InChI=1S/C7H7N3S/c1-4-2-3-5-6(8)10-11-7(5)9-4/h2-3H,1H3,(H2,8,10). The van der Waals surface area contributed by atoms with Gasteiger partial charge in [0, 0.05) is 5.69 Å². The van der Waals surface area contributed by atoms with Crippen LogP contribution in [0, 0.1) is 6.92 Å². The molecule has 0 saturated carbocycles. The van der Waals surface area contributed by atoms with Crippen molar-refractivity contribution in [3.8, 4) is 0 Å². The number of aromatic nitrogens is 2. The highest BCUT2D eigenvalue weighted by atomic mass is 32.1. The maximum Gasteiger partial charge on any atom is 0.146 e. The number of hydrogen-bond donors (Lipinski definition) is 1. The van der Waals surface area contributed by atoms with Crippen LogP contribution in [0.5, 0.6) is 0 Å². The van der Waals surface area contributed by atoms with E-state index >= 15 is 0 Å². The number of rotatable bonds is 0. The first-order chi connectivity index (χ1) is 5.27. The number of nitrogen functional groups attached to an aromatic ring is 1. The second-order valence-electron chi connectivity index (χ2n) is 2.37. The maximum atomic E-state index is 5.59. The highest BCUT2D eigenvalue weighted by Crippen LogP contribution is 2.22. The largest absolute Gasteiger partial charge is 0.382 e. The molecule has 0 fully saturated rings. The van der Waals surface area contributed by atoms with Crippen molar-refractivity contribution >= 4 is 27.6 Å². The lowest BCUT2D eigenvalue weighted by Gasteiger charge is -1.90. The molecule has 0 amide bonds. The van der Waals surface area contributed by atoms with Crippen molar-refractivity contribution in [1.29, 1.82) is 0 Å². The molecule has 0 atom stereocenters. The van der Waals surface area contributed by atoms with E-state index in [2.05, 4.69) is 9.36 Å². The topological polar surface area (TPSA) is 51.8 Å². The van der Waals surface area contributed by atoms with Gasteiger partial charge in [-0.25, -0.2) is 4.98 Å². The van der Waals surface area contributed by atoms with Crippen molar-refractivity contribution in [2.75, 3.05) is 5.73 Å². The molecule has 3 nitrogen and oxygen atoms in total. The normalized spacial score (nSPS) is 10.6. The average Bonchev–Trinajstić information content (AvgIpc) is 2.32. The van der Waals surface area contributed by atoms with Crippen molar-refractivity contribution in [2.45, 2.75) is 6.92 Å². The van der Waals surface area contributed by atoms with Crippen molar-refractivity contribution in [3.05, 3.63) is 17.8 Å². The molecule has 0 aliphatic rings. The molecule has 0 aromatic carbocycles. The summed E-state index contributed by atoms with van der Waals surface area (Å²) in [5, 5.41) is 0.959. The molecule has 2 heterocycles. The quantitative estimate of drug-likeness (QED) is 0.644. The highest BCUT2D eigenvalue weighted by Gasteiger charge is 2.01. The predicted octanol–water partition coefficient (Wildman–Crippen LogP) is 1.58. The summed E-state index contributed by atoms with van der Waals surface area (Å²) in [6.45, 7) is 1.95. The van der Waals surface area contributed by atoms with Gasteiger partial charge >= 0.3 is 0 Å². The zero-order chi connectivity index (χ0) is 7.84. The number of anilines is 1. The van der Waals surface area contributed by atoms with Crippen LogP contribution in [0.15, 0.2) is 12.1 Å². The van der Waals surface area contributed by atoms with Gasteiger partial charge in [0.2, 0.25) is 0 Å².